The van der Waals surface area contributed by atoms with Crippen LogP contribution in [0.1, 0.15) is 58.8 Å². The topological polar surface area (TPSA) is 39.7 Å². The van der Waals surface area contributed by atoms with Crippen molar-refractivity contribution >= 4 is 29.9 Å². The van der Waals surface area contributed by atoms with Crippen LogP contribution in [0.25, 0.3) is 0 Å². The predicted molar refractivity (Wildman–Crippen MR) is 115 cm³/mol. The minimum absolute atomic E-state index is 0. The van der Waals surface area contributed by atoms with Gasteiger partial charge in [0.25, 0.3) is 0 Å². The zero-order chi connectivity index (χ0) is 16.3. The van der Waals surface area contributed by atoms with Gasteiger partial charge in [0.15, 0.2) is 5.96 Å². The van der Waals surface area contributed by atoms with Gasteiger partial charge < -0.3 is 15.5 Å². The summed E-state index contributed by atoms with van der Waals surface area (Å²) in [5.74, 6) is 1.72. The normalized spacial score (nSPS) is 22.5. The van der Waals surface area contributed by atoms with E-state index in [1.54, 1.807) is 5.57 Å². The zero-order valence-corrected chi connectivity index (χ0v) is 18.0. The van der Waals surface area contributed by atoms with Crippen LogP contribution in [0.15, 0.2) is 16.6 Å². The van der Waals surface area contributed by atoms with Crippen molar-refractivity contribution in [2.24, 2.45) is 10.9 Å². The molecule has 0 aromatic carbocycles. The molecule has 1 unspecified atom stereocenters. The van der Waals surface area contributed by atoms with Gasteiger partial charge in [0, 0.05) is 26.2 Å². The van der Waals surface area contributed by atoms with Crippen LogP contribution >= 0.6 is 24.0 Å². The molecule has 2 rings (SSSR count). The van der Waals surface area contributed by atoms with Gasteiger partial charge in [-0.3, -0.25) is 4.99 Å². The van der Waals surface area contributed by atoms with Gasteiger partial charge >= 0.3 is 0 Å². The maximum absolute atomic E-state index is 4.84. The molecule has 2 aliphatic rings. The van der Waals surface area contributed by atoms with E-state index < -0.39 is 0 Å². The molecule has 0 aromatic heterocycles. The fourth-order valence-corrected chi connectivity index (χ4v) is 3.62. The summed E-state index contributed by atoms with van der Waals surface area (Å²) in [5.41, 5.74) is 1.63. The van der Waals surface area contributed by atoms with Gasteiger partial charge in [0.05, 0.1) is 0 Å². The minimum atomic E-state index is 0. The summed E-state index contributed by atoms with van der Waals surface area (Å²) in [6.07, 6.45) is 11.6. The molecule has 0 amide bonds. The number of rotatable bonds is 7. The Morgan fingerprint density at radius 1 is 1.25 bits per heavy atom. The van der Waals surface area contributed by atoms with E-state index in [2.05, 4.69) is 35.5 Å². The fraction of sp³-hybridized carbons (Fsp3) is 0.842. The molecule has 1 atom stereocenters. The molecule has 0 saturated carbocycles. The monoisotopic (exact) mass is 448 g/mol. The highest BCUT2D eigenvalue weighted by Gasteiger charge is 2.18. The van der Waals surface area contributed by atoms with Crippen molar-refractivity contribution < 1.29 is 0 Å². The van der Waals surface area contributed by atoms with E-state index in [1.165, 1.54) is 58.2 Å². The molecule has 5 heteroatoms. The molecule has 0 aromatic rings. The third-order valence-corrected chi connectivity index (χ3v) is 5.03. The number of likely N-dealkylation sites (tertiary alicyclic amines) is 1. The van der Waals surface area contributed by atoms with Crippen LogP contribution in [0.2, 0.25) is 0 Å². The highest BCUT2D eigenvalue weighted by molar-refractivity contribution is 14.0. The summed E-state index contributed by atoms with van der Waals surface area (Å²) < 4.78 is 0. The Bertz CT molecular complexity index is 395. The Morgan fingerprint density at radius 2 is 2.12 bits per heavy atom. The Morgan fingerprint density at radius 3 is 2.83 bits per heavy atom. The van der Waals surface area contributed by atoms with E-state index >= 15 is 0 Å². The average Bonchev–Trinajstić information content (AvgIpc) is 2.61. The van der Waals surface area contributed by atoms with Gasteiger partial charge in [-0.1, -0.05) is 18.6 Å². The molecular weight excluding hydrogens is 411 g/mol. The lowest BCUT2D eigenvalue weighted by molar-refractivity contribution is 0.186. The summed E-state index contributed by atoms with van der Waals surface area (Å²) >= 11 is 0. The van der Waals surface area contributed by atoms with E-state index in [0.717, 1.165) is 37.9 Å². The van der Waals surface area contributed by atoms with Crippen molar-refractivity contribution in [2.75, 3.05) is 39.3 Å². The van der Waals surface area contributed by atoms with E-state index in [-0.39, 0.29) is 24.0 Å². The van der Waals surface area contributed by atoms with E-state index in [4.69, 9.17) is 4.99 Å². The number of guanidine groups is 1. The molecule has 24 heavy (non-hydrogen) atoms. The quantitative estimate of drug-likeness (QED) is 0.270. The number of allylic oxidation sites excluding steroid dienone is 1. The van der Waals surface area contributed by atoms with Gasteiger partial charge in [0.1, 0.15) is 0 Å². The van der Waals surface area contributed by atoms with Crippen LogP contribution in [0, 0.1) is 5.92 Å². The molecule has 0 bridgehead atoms. The van der Waals surface area contributed by atoms with Crippen LogP contribution < -0.4 is 10.6 Å². The lowest BCUT2D eigenvalue weighted by Gasteiger charge is -2.31. The van der Waals surface area contributed by atoms with Crippen LogP contribution in [0.4, 0.5) is 0 Å². The molecule has 4 nitrogen and oxygen atoms in total. The van der Waals surface area contributed by atoms with Crippen molar-refractivity contribution in [3.8, 4) is 0 Å². The van der Waals surface area contributed by atoms with Gasteiger partial charge in [-0.15, -0.1) is 24.0 Å². The largest absolute Gasteiger partial charge is 0.357 e. The lowest BCUT2D eigenvalue weighted by Crippen LogP contribution is -2.40. The second-order valence-corrected chi connectivity index (χ2v) is 6.91. The minimum Gasteiger partial charge on any atom is -0.357 e. The van der Waals surface area contributed by atoms with Crippen molar-refractivity contribution in [1.29, 1.82) is 0 Å². The third kappa shape index (κ3) is 8.19. The highest BCUT2D eigenvalue weighted by atomic mass is 127. The molecule has 2 N–H and O–H groups in total. The number of hydrogen-bond donors (Lipinski definition) is 2. The molecule has 0 spiro atoms. The standard InChI is InChI=1S/C19H36N4.HI/c1-3-20-19(21-13-12-17-9-6-5-7-10-17)22-15-18-11-8-14-23(4-2)16-18;/h9,18H,3-8,10-16H2,1-2H3,(H2,20,21,22);1H. The summed E-state index contributed by atoms with van der Waals surface area (Å²) in [6, 6.07) is 0. The van der Waals surface area contributed by atoms with E-state index in [9.17, 15) is 0 Å². The molecule has 1 aliphatic carbocycles. The first kappa shape index (κ1) is 21.7. The lowest BCUT2D eigenvalue weighted by atomic mass is 9.97. The Kier molecular flexibility index (Phi) is 11.8. The molecular formula is C19H37IN4. The number of nitrogens with zero attached hydrogens (tertiary/aromatic N) is 2. The summed E-state index contributed by atoms with van der Waals surface area (Å²) in [7, 11) is 0. The SMILES string of the molecule is CCNC(=NCC1CCCN(CC)C1)NCCC1=CCCCC1.I. The number of piperidine rings is 1. The number of halogens is 1. The van der Waals surface area contributed by atoms with Crippen LogP contribution in [-0.4, -0.2) is 50.1 Å². The Balaban J connectivity index is 0.00000288. The summed E-state index contributed by atoms with van der Waals surface area (Å²) in [6.45, 7) is 10.9. The predicted octanol–water partition coefficient (Wildman–Crippen LogP) is 3.78. The first-order valence-corrected chi connectivity index (χ1v) is 9.74. The molecule has 0 radical (unpaired) electrons. The molecule has 1 heterocycles. The molecule has 1 saturated heterocycles. The number of hydrogen-bond acceptors (Lipinski definition) is 2. The number of aliphatic imine (C=N–C) groups is 1. The van der Waals surface area contributed by atoms with E-state index in [1.807, 2.05) is 0 Å². The van der Waals surface area contributed by atoms with Crippen molar-refractivity contribution in [3.05, 3.63) is 11.6 Å². The van der Waals surface area contributed by atoms with Crippen molar-refractivity contribution in [1.82, 2.24) is 15.5 Å². The second kappa shape index (κ2) is 13.0. The first-order valence-electron chi connectivity index (χ1n) is 9.74. The van der Waals surface area contributed by atoms with Crippen LogP contribution in [0.5, 0.6) is 0 Å². The van der Waals surface area contributed by atoms with Crippen LogP contribution in [-0.2, 0) is 0 Å². The Labute approximate surface area is 166 Å². The number of nitrogens with one attached hydrogen (secondary N) is 2. The summed E-state index contributed by atoms with van der Waals surface area (Å²) in [4.78, 5) is 7.39. The molecule has 1 aliphatic heterocycles. The average molecular weight is 448 g/mol. The maximum Gasteiger partial charge on any atom is 0.191 e. The van der Waals surface area contributed by atoms with E-state index in [0.29, 0.717) is 0 Å². The molecule has 1 fully saturated rings. The fourth-order valence-electron chi connectivity index (χ4n) is 3.62. The zero-order valence-electron chi connectivity index (χ0n) is 15.6. The van der Waals surface area contributed by atoms with Gasteiger partial charge in [-0.05, 0) is 70.9 Å². The first-order chi connectivity index (χ1) is 11.3. The third-order valence-electron chi connectivity index (χ3n) is 5.03. The second-order valence-electron chi connectivity index (χ2n) is 6.91. The van der Waals surface area contributed by atoms with Crippen molar-refractivity contribution in [3.63, 3.8) is 0 Å². The summed E-state index contributed by atoms with van der Waals surface area (Å²) in [5, 5.41) is 6.91. The smallest absolute Gasteiger partial charge is 0.191 e. The van der Waals surface area contributed by atoms with Gasteiger partial charge in [-0.2, -0.15) is 0 Å². The van der Waals surface area contributed by atoms with Crippen molar-refractivity contribution in [2.45, 2.75) is 58.8 Å². The van der Waals surface area contributed by atoms with Crippen LogP contribution in [0.3, 0.4) is 0 Å². The Hall–Kier alpha value is -0.300. The molecule has 140 valence electrons. The highest BCUT2D eigenvalue weighted by Crippen LogP contribution is 2.19. The van der Waals surface area contributed by atoms with Gasteiger partial charge in [0.2, 0.25) is 0 Å². The maximum atomic E-state index is 4.84. The van der Waals surface area contributed by atoms with Gasteiger partial charge in [-0.25, -0.2) is 0 Å².